The summed E-state index contributed by atoms with van der Waals surface area (Å²) in [5.74, 6) is 0. The lowest BCUT2D eigenvalue weighted by atomic mass is 9.94. The van der Waals surface area contributed by atoms with Gasteiger partial charge in [-0.15, -0.1) is 0 Å². The molecule has 0 fully saturated rings. The topological polar surface area (TPSA) is 59.4 Å². The summed E-state index contributed by atoms with van der Waals surface area (Å²) in [5.41, 5.74) is 11.5. The molecule has 0 aliphatic rings. The van der Waals surface area contributed by atoms with Gasteiger partial charge in [0, 0.05) is 50.6 Å². The molecule has 0 radical (unpaired) electrons. The first-order valence-electron chi connectivity index (χ1n) is 22.2. The third kappa shape index (κ3) is 6.79. The van der Waals surface area contributed by atoms with Crippen molar-refractivity contribution >= 4 is 43.6 Å². The van der Waals surface area contributed by atoms with Crippen LogP contribution in [0.15, 0.2) is 219 Å². The Labute approximate surface area is 388 Å². The molecule has 0 N–H and O–H groups in total. The number of nitriles is 1. The van der Waals surface area contributed by atoms with Crippen molar-refractivity contribution in [1.82, 2.24) is 19.1 Å². The third-order valence-corrected chi connectivity index (χ3v) is 12.9. The van der Waals surface area contributed by atoms with Crippen LogP contribution in [0.5, 0.6) is 0 Å². The molecular formula is C60H36F3N5. The lowest BCUT2D eigenvalue weighted by molar-refractivity contribution is -0.137. The van der Waals surface area contributed by atoms with Crippen molar-refractivity contribution in [2.75, 3.05) is 0 Å². The Kier molecular flexibility index (Phi) is 9.59. The van der Waals surface area contributed by atoms with Crippen LogP contribution < -0.4 is 0 Å². The number of aromatic nitrogens is 4. The predicted molar refractivity (Wildman–Crippen MR) is 268 cm³/mol. The van der Waals surface area contributed by atoms with Crippen LogP contribution in [0.1, 0.15) is 11.1 Å². The quantitative estimate of drug-likeness (QED) is 0.160. The molecule has 0 atom stereocenters. The monoisotopic (exact) mass is 883 g/mol. The Hall–Kier alpha value is -9.06. The van der Waals surface area contributed by atoms with E-state index in [1.807, 2.05) is 116 Å². The summed E-state index contributed by atoms with van der Waals surface area (Å²) in [7, 11) is 0. The third-order valence-electron chi connectivity index (χ3n) is 12.9. The van der Waals surface area contributed by atoms with Gasteiger partial charge in [0.1, 0.15) is 0 Å². The lowest BCUT2D eigenvalue weighted by Crippen LogP contribution is -2.09. The van der Waals surface area contributed by atoms with Crippen molar-refractivity contribution in [1.29, 1.82) is 5.26 Å². The number of fused-ring (bicyclic) bond motifs is 6. The summed E-state index contributed by atoms with van der Waals surface area (Å²) in [6.45, 7) is 0. The maximum atomic E-state index is 15.0. The number of hydrogen-bond donors (Lipinski definition) is 0. The highest BCUT2D eigenvalue weighted by molar-refractivity contribution is 6.13. The molecule has 322 valence electrons. The van der Waals surface area contributed by atoms with Crippen LogP contribution in [-0.4, -0.2) is 19.1 Å². The first-order chi connectivity index (χ1) is 33.3. The van der Waals surface area contributed by atoms with Crippen molar-refractivity contribution in [2.24, 2.45) is 0 Å². The van der Waals surface area contributed by atoms with Gasteiger partial charge in [0.05, 0.1) is 62.0 Å². The van der Waals surface area contributed by atoms with E-state index in [0.717, 1.165) is 94.4 Å². The Balaban J connectivity index is 1.17. The predicted octanol–water partition coefficient (Wildman–Crippen LogP) is 15.9. The van der Waals surface area contributed by atoms with E-state index >= 15 is 0 Å². The number of benzene rings is 8. The highest BCUT2D eigenvalue weighted by Crippen LogP contribution is 2.45. The number of hydrogen-bond acceptors (Lipinski definition) is 3. The average molecular weight is 884 g/mol. The standard InChI is InChI=1S/C60H36F3N5/c61-60(62,63)51-20-10-7-17-45(51)50-36-59(68-55-22-12-9-19-47(55)49-26-24-41(34-57(49)68)43-28-30-66-53(32-43)39-15-5-2-6-16-39)58(35-44(50)37-64)67-54-21-11-8-18-46(54)48-25-23-40(33-56(48)67)42-27-29-65-52(31-42)38-13-3-1-4-14-38/h1-36H. The molecule has 4 heterocycles. The molecule has 5 nitrogen and oxygen atoms in total. The Morgan fingerprint density at radius 2 is 0.824 bits per heavy atom. The second-order valence-electron chi connectivity index (χ2n) is 16.8. The van der Waals surface area contributed by atoms with Crippen molar-refractivity contribution in [3.8, 4) is 73.3 Å². The zero-order chi connectivity index (χ0) is 45.9. The molecule has 68 heavy (non-hydrogen) atoms. The second kappa shape index (κ2) is 16.1. The minimum atomic E-state index is -4.68. The van der Waals surface area contributed by atoms with Crippen LogP contribution in [0.2, 0.25) is 0 Å². The molecule has 12 aromatic rings. The van der Waals surface area contributed by atoms with Gasteiger partial charge in [-0.1, -0.05) is 140 Å². The van der Waals surface area contributed by atoms with Gasteiger partial charge in [-0.05, 0) is 94.5 Å². The number of pyridine rings is 2. The SMILES string of the molecule is N#Cc1cc(-n2c3ccccc3c3ccc(-c4ccnc(-c5ccccc5)c4)cc32)c(-n2c3ccccc3c3ccc(-c4ccnc(-c5ccccc5)c4)cc32)cc1-c1ccccc1C(F)(F)F. The molecule has 8 heteroatoms. The summed E-state index contributed by atoms with van der Waals surface area (Å²) >= 11 is 0. The maximum Gasteiger partial charge on any atom is 0.417 e. The van der Waals surface area contributed by atoms with E-state index in [1.54, 1.807) is 18.2 Å². The Bertz CT molecular complexity index is 3970. The highest BCUT2D eigenvalue weighted by Gasteiger charge is 2.34. The van der Waals surface area contributed by atoms with E-state index < -0.39 is 11.7 Å². The van der Waals surface area contributed by atoms with Crippen LogP contribution in [-0.2, 0) is 6.18 Å². The summed E-state index contributed by atoms with van der Waals surface area (Å²) in [5, 5.41) is 14.9. The van der Waals surface area contributed by atoms with Crippen LogP contribution in [0.3, 0.4) is 0 Å². The Morgan fingerprint density at radius 3 is 1.34 bits per heavy atom. The zero-order valence-corrected chi connectivity index (χ0v) is 36.2. The van der Waals surface area contributed by atoms with E-state index in [1.165, 1.54) is 12.1 Å². The maximum absolute atomic E-state index is 15.0. The first-order valence-corrected chi connectivity index (χ1v) is 22.2. The van der Waals surface area contributed by atoms with E-state index in [-0.39, 0.29) is 16.7 Å². The van der Waals surface area contributed by atoms with Gasteiger partial charge in [0.2, 0.25) is 0 Å². The van der Waals surface area contributed by atoms with Gasteiger partial charge < -0.3 is 9.13 Å². The van der Waals surface area contributed by atoms with E-state index in [4.69, 9.17) is 9.97 Å². The molecule has 0 amide bonds. The number of halogens is 3. The van der Waals surface area contributed by atoms with E-state index in [2.05, 4.69) is 81.9 Å². The number of rotatable bonds is 7. The number of nitrogens with zero attached hydrogens (tertiary/aromatic N) is 5. The summed E-state index contributed by atoms with van der Waals surface area (Å²) in [6, 6.07) is 68.5. The van der Waals surface area contributed by atoms with Gasteiger partial charge in [-0.25, -0.2) is 0 Å². The molecule has 0 bridgehead atoms. The minimum absolute atomic E-state index is 0.0764. The molecule has 0 unspecified atom stereocenters. The van der Waals surface area contributed by atoms with Crippen molar-refractivity contribution in [2.45, 2.75) is 6.18 Å². The fourth-order valence-electron chi connectivity index (χ4n) is 9.79. The van der Waals surface area contributed by atoms with Crippen molar-refractivity contribution in [3.05, 3.63) is 230 Å². The highest BCUT2D eigenvalue weighted by atomic mass is 19.4. The van der Waals surface area contributed by atoms with E-state index in [9.17, 15) is 18.4 Å². The fourth-order valence-corrected chi connectivity index (χ4v) is 9.79. The van der Waals surface area contributed by atoms with Gasteiger partial charge in [0.25, 0.3) is 0 Å². The van der Waals surface area contributed by atoms with Gasteiger partial charge in [-0.3, -0.25) is 9.97 Å². The average Bonchev–Trinajstić information content (AvgIpc) is 3.90. The molecule has 0 aliphatic carbocycles. The first kappa shape index (κ1) is 40.4. The fraction of sp³-hybridized carbons (Fsp3) is 0.0167. The largest absolute Gasteiger partial charge is 0.417 e. The molecule has 12 rings (SSSR count). The molecule has 0 saturated heterocycles. The van der Waals surface area contributed by atoms with E-state index in [0.29, 0.717) is 11.4 Å². The lowest BCUT2D eigenvalue weighted by Gasteiger charge is -2.21. The smallest absolute Gasteiger partial charge is 0.307 e. The van der Waals surface area contributed by atoms with Crippen LogP contribution in [0.4, 0.5) is 13.2 Å². The number of alkyl halides is 3. The van der Waals surface area contributed by atoms with Crippen LogP contribution >= 0.6 is 0 Å². The molecular weight excluding hydrogens is 848 g/mol. The summed E-state index contributed by atoms with van der Waals surface area (Å²) in [6.07, 6.45) is -1.05. The van der Waals surface area contributed by atoms with Crippen LogP contribution in [0.25, 0.3) is 111 Å². The summed E-state index contributed by atoms with van der Waals surface area (Å²) in [4.78, 5) is 9.38. The van der Waals surface area contributed by atoms with Crippen LogP contribution in [0, 0.1) is 11.3 Å². The molecule has 8 aromatic carbocycles. The van der Waals surface area contributed by atoms with Crippen molar-refractivity contribution < 1.29 is 13.2 Å². The van der Waals surface area contributed by atoms with Gasteiger partial charge >= 0.3 is 6.18 Å². The molecule has 0 aliphatic heterocycles. The molecule has 4 aromatic heterocycles. The van der Waals surface area contributed by atoms with Gasteiger partial charge in [0.15, 0.2) is 0 Å². The van der Waals surface area contributed by atoms with Gasteiger partial charge in [-0.2, -0.15) is 18.4 Å². The molecule has 0 spiro atoms. The summed E-state index contributed by atoms with van der Waals surface area (Å²) < 4.78 is 49.2. The zero-order valence-electron chi connectivity index (χ0n) is 36.2. The Morgan fingerprint density at radius 1 is 0.382 bits per heavy atom. The van der Waals surface area contributed by atoms with Crippen molar-refractivity contribution in [3.63, 3.8) is 0 Å². The number of para-hydroxylation sites is 2. The minimum Gasteiger partial charge on any atom is -0.307 e. The normalized spacial score (nSPS) is 11.7. The second-order valence-corrected chi connectivity index (χ2v) is 16.8. The molecule has 0 saturated carbocycles.